The molecule has 1 aliphatic rings. The van der Waals surface area contributed by atoms with E-state index in [1.165, 1.54) is 6.07 Å². The van der Waals surface area contributed by atoms with Gasteiger partial charge in [0.2, 0.25) is 0 Å². The molecule has 2 aromatic carbocycles. The molecule has 0 bridgehead atoms. The van der Waals surface area contributed by atoms with E-state index in [4.69, 9.17) is 9.47 Å². The van der Waals surface area contributed by atoms with Crippen molar-refractivity contribution in [2.75, 3.05) is 20.8 Å². The van der Waals surface area contributed by atoms with Crippen LogP contribution in [0.1, 0.15) is 50.4 Å². The minimum absolute atomic E-state index is 0.118. The smallest absolute Gasteiger partial charge is 0.315 e. The molecule has 0 aromatic heterocycles. The number of nitrogens with zero attached hydrogens (tertiary/aromatic N) is 1. The lowest BCUT2D eigenvalue weighted by Crippen LogP contribution is -2.53. The number of ether oxygens (including phenoxy) is 2. The molecule has 2 atom stereocenters. The first-order valence-electron chi connectivity index (χ1n) is 10.9. The first-order valence-corrected chi connectivity index (χ1v) is 10.9. The predicted molar refractivity (Wildman–Crippen MR) is 124 cm³/mol. The van der Waals surface area contributed by atoms with Crippen molar-refractivity contribution in [1.82, 2.24) is 15.5 Å². The van der Waals surface area contributed by atoms with Crippen molar-refractivity contribution in [2.24, 2.45) is 0 Å². The minimum atomic E-state index is -0.341. The van der Waals surface area contributed by atoms with Crippen LogP contribution in [-0.4, -0.2) is 43.3 Å². The summed E-state index contributed by atoms with van der Waals surface area (Å²) in [5.74, 6) is 1.09. The fraction of sp³-hybridized carbons (Fsp3) is 0.480. The second-order valence-corrected chi connectivity index (χ2v) is 9.34. The summed E-state index contributed by atoms with van der Waals surface area (Å²) < 4.78 is 24.9. The van der Waals surface area contributed by atoms with Gasteiger partial charge < -0.3 is 20.1 Å². The van der Waals surface area contributed by atoms with Crippen LogP contribution in [0.2, 0.25) is 0 Å². The van der Waals surface area contributed by atoms with Gasteiger partial charge >= 0.3 is 6.03 Å². The lowest BCUT2D eigenvalue weighted by atomic mass is 9.87. The van der Waals surface area contributed by atoms with Gasteiger partial charge in [-0.1, -0.05) is 12.1 Å². The van der Waals surface area contributed by atoms with E-state index in [9.17, 15) is 9.18 Å². The lowest BCUT2D eigenvalue weighted by Gasteiger charge is -2.41. The number of halogens is 1. The second kappa shape index (κ2) is 9.77. The van der Waals surface area contributed by atoms with Gasteiger partial charge in [-0.3, -0.25) is 4.90 Å². The average molecular weight is 444 g/mol. The van der Waals surface area contributed by atoms with Crippen LogP contribution in [0.15, 0.2) is 36.4 Å². The quantitative estimate of drug-likeness (QED) is 0.693. The molecule has 1 aliphatic heterocycles. The molecule has 0 saturated carbocycles. The van der Waals surface area contributed by atoms with E-state index < -0.39 is 0 Å². The van der Waals surface area contributed by atoms with Crippen molar-refractivity contribution >= 4 is 6.03 Å². The standard InChI is InChI=1S/C25H34FN3O3/c1-16(27-24(30)28-25(2,3)4)23-20-14-22(32-6)21(31-5)13-18(20)10-11-29(23)15-17-8-7-9-19(26)12-17/h7-9,12-14,16,23H,10-11,15H2,1-6H3,(H2,27,28,30)/t16-,23-/m0/s1. The normalized spacial score (nSPS) is 17.3. The van der Waals surface area contributed by atoms with Crippen LogP contribution < -0.4 is 20.1 Å². The third-order valence-corrected chi connectivity index (χ3v) is 5.62. The van der Waals surface area contributed by atoms with E-state index in [1.54, 1.807) is 26.4 Å². The number of hydrogen-bond acceptors (Lipinski definition) is 4. The number of amides is 2. The summed E-state index contributed by atoms with van der Waals surface area (Å²) in [6.07, 6.45) is 0.822. The Balaban J connectivity index is 1.96. The lowest BCUT2D eigenvalue weighted by molar-refractivity contribution is 0.142. The third kappa shape index (κ3) is 5.71. The Labute approximate surface area is 190 Å². The summed E-state index contributed by atoms with van der Waals surface area (Å²) in [6.45, 7) is 9.18. The molecule has 3 rings (SSSR count). The molecule has 32 heavy (non-hydrogen) atoms. The molecule has 7 heteroatoms. The molecule has 0 fully saturated rings. The van der Waals surface area contributed by atoms with Crippen LogP contribution in [0.25, 0.3) is 0 Å². The van der Waals surface area contributed by atoms with Crippen LogP contribution >= 0.6 is 0 Å². The zero-order valence-corrected chi connectivity index (χ0v) is 19.8. The Bertz CT molecular complexity index is 958. The van der Waals surface area contributed by atoms with Gasteiger partial charge in [-0.05, 0) is 75.1 Å². The van der Waals surface area contributed by atoms with Gasteiger partial charge in [0.05, 0.1) is 20.3 Å². The van der Waals surface area contributed by atoms with Crippen molar-refractivity contribution in [2.45, 2.75) is 58.3 Å². The highest BCUT2D eigenvalue weighted by Crippen LogP contribution is 2.40. The summed E-state index contributed by atoms with van der Waals surface area (Å²) in [5, 5.41) is 6.07. The molecule has 0 unspecified atom stereocenters. The van der Waals surface area contributed by atoms with Crippen molar-refractivity contribution < 1.29 is 18.7 Å². The van der Waals surface area contributed by atoms with Gasteiger partial charge in [0.15, 0.2) is 11.5 Å². The number of fused-ring (bicyclic) bond motifs is 1. The Kier molecular flexibility index (Phi) is 7.29. The zero-order chi connectivity index (χ0) is 23.5. The second-order valence-electron chi connectivity index (χ2n) is 9.34. The highest BCUT2D eigenvalue weighted by atomic mass is 19.1. The van der Waals surface area contributed by atoms with Crippen molar-refractivity contribution in [3.63, 3.8) is 0 Å². The van der Waals surface area contributed by atoms with Gasteiger partial charge in [0.1, 0.15) is 5.82 Å². The molecule has 2 N–H and O–H groups in total. The van der Waals surface area contributed by atoms with E-state index in [0.717, 1.165) is 29.7 Å². The first kappa shape index (κ1) is 23.9. The van der Waals surface area contributed by atoms with Crippen LogP contribution in [0.3, 0.4) is 0 Å². The highest BCUT2D eigenvalue weighted by molar-refractivity contribution is 5.75. The number of benzene rings is 2. The van der Waals surface area contributed by atoms with Crippen LogP contribution in [0, 0.1) is 5.82 Å². The molecule has 2 aromatic rings. The van der Waals surface area contributed by atoms with Gasteiger partial charge in [-0.2, -0.15) is 0 Å². The molecule has 2 amide bonds. The molecule has 174 valence electrons. The zero-order valence-electron chi connectivity index (χ0n) is 19.8. The van der Waals surface area contributed by atoms with Gasteiger partial charge in [0.25, 0.3) is 0 Å². The highest BCUT2D eigenvalue weighted by Gasteiger charge is 2.34. The fourth-order valence-corrected chi connectivity index (χ4v) is 4.32. The number of methoxy groups -OCH3 is 2. The average Bonchev–Trinajstić information content (AvgIpc) is 2.71. The Morgan fingerprint density at radius 2 is 1.88 bits per heavy atom. The first-order chi connectivity index (χ1) is 15.1. The molecule has 0 aliphatic carbocycles. The van der Waals surface area contributed by atoms with E-state index in [-0.39, 0.29) is 29.5 Å². The maximum Gasteiger partial charge on any atom is 0.315 e. The number of urea groups is 1. The van der Waals surface area contributed by atoms with Crippen molar-refractivity contribution in [3.05, 3.63) is 58.9 Å². The summed E-state index contributed by atoms with van der Waals surface area (Å²) in [7, 11) is 3.24. The number of carbonyl (C=O) groups excluding carboxylic acids is 1. The molecule has 0 saturated heterocycles. The SMILES string of the molecule is COc1cc2c(cc1OC)[C@H]([C@H](C)NC(=O)NC(C)(C)C)N(Cc1cccc(F)c1)CC2. The number of rotatable bonds is 6. The van der Waals surface area contributed by atoms with Crippen molar-refractivity contribution in [3.8, 4) is 11.5 Å². The Morgan fingerprint density at radius 3 is 2.50 bits per heavy atom. The topological polar surface area (TPSA) is 62.8 Å². The third-order valence-electron chi connectivity index (χ3n) is 5.62. The van der Waals surface area contributed by atoms with E-state index >= 15 is 0 Å². The minimum Gasteiger partial charge on any atom is -0.493 e. The molecular formula is C25H34FN3O3. The predicted octanol–water partition coefficient (Wildman–Crippen LogP) is 4.43. The number of nitrogens with one attached hydrogen (secondary N) is 2. The maximum atomic E-state index is 13.8. The van der Waals surface area contributed by atoms with Gasteiger partial charge in [0, 0.05) is 24.7 Å². The summed E-state index contributed by atoms with van der Waals surface area (Å²) >= 11 is 0. The Morgan fingerprint density at radius 1 is 1.19 bits per heavy atom. The number of hydrogen-bond donors (Lipinski definition) is 2. The van der Waals surface area contributed by atoms with Crippen LogP contribution in [0.4, 0.5) is 9.18 Å². The van der Waals surface area contributed by atoms with Crippen molar-refractivity contribution in [1.29, 1.82) is 0 Å². The van der Waals surface area contributed by atoms with E-state index in [0.29, 0.717) is 18.0 Å². The van der Waals surface area contributed by atoms with Gasteiger partial charge in [-0.15, -0.1) is 0 Å². The molecule has 1 heterocycles. The molecule has 0 spiro atoms. The van der Waals surface area contributed by atoms with Gasteiger partial charge in [-0.25, -0.2) is 9.18 Å². The summed E-state index contributed by atoms with van der Waals surface area (Å²) in [5.41, 5.74) is 2.79. The molecular weight excluding hydrogens is 409 g/mol. The molecule has 6 nitrogen and oxygen atoms in total. The summed E-state index contributed by atoms with van der Waals surface area (Å²) in [6, 6.07) is 10.1. The van der Waals surface area contributed by atoms with Crippen LogP contribution in [0.5, 0.6) is 11.5 Å². The number of carbonyl (C=O) groups is 1. The fourth-order valence-electron chi connectivity index (χ4n) is 4.32. The van der Waals surface area contributed by atoms with E-state index in [2.05, 4.69) is 15.5 Å². The van der Waals surface area contributed by atoms with E-state index in [1.807, 2.05) is 45.9 Å². The Hall–Kier alpha value is -2.80. The molecule has 0 radical (unpaired) electrons. The largest absolute Gasteiger partial charge is 0.493 e. The summed E-state index contributed by atoms with van der Waals surface area (Å²) in [4.78, 5) is 14.9. The monoisotopic (exact) mass is 443 g/mol. The van der Waals surface area contributed by atoms with Crippen LogP contribution in [-0.2, 0) is 13.0 Å². The maximum absolute atomic E-state index is 13.8.